The summed E-state index contributed by atoms with van der Waals surface area (Å²) in [5.41, 5.74) is 0. The predicted molar refractivity (Wildman–Crippen MR) is 50.6 cm³/mol. The van der Waals surface area contributed by atoms with Crippen molar-refractivity contribution in [1.82, 2.24) is 0 Å². The van der Waals surface area contributed by atoms with Crippen molar-refractivity contribution in [2.45, 2.75) is 13.3 Å². The molecule has 0 spiro atoms. The zero-order chi connectivity index (χ0) is 10.1. The van der Waals surface area contributed by atoms with Crippen molar-refractivity contribution in [3.05, 3.63) is 0 Å². The molecular formula is C8H14O4S. The summed E-state index contributed by atoms with van der Waals surface area (Å²) in [5, 5.41) is 0. The van der Waals surface area contributed by atoms with Gasteiger partial charge in [-0.1, -0.05) is 6.92 Å². The van der Waals surface area contributed by atoms with E-state index in [2.05, 4.69) is 4.74 Å². The molecule has 0 aliphatic rings. The Bertz CT molecular complexity index is 152. The van der Waals surface area contributed by atoms with Crippen LogP contribution >= 0.6 is 11.8 Å². The summed E-state index contributed by atoms with van der Waals surface area (Å²) in [5.74, 6) is 0.464. The Balaban J connectivity index is 3.17. The number of carbonyl (C=O) groups excluding carboxylic acids is 2. The highest BCUT2D eigenvalue weighted by molar-refractivity contribution is 7.99. The first-order valence-electron chi connectivity index (χ1n) is 4.00. The largest absolute Gasteiger partial charge is 0.468 e. The number of ether oxygens (including phenoxy) is 2. The Morgan fingerprint density at radius 3 is 2.54 bits per heavy atom. The van der Waals surface area contributed by atoms with Gasteiger partial charge in [0.05, 0.1) is 12.9 Å². The lowest BCUT2D eigenvalue weighted by atomic mass is 10.5. The molecule has 0 N–H and O–H groups in total. The molecule has 0 unspecified atom stereocenters. The summed E-state index contributed by atoms with van der Waals surface area (Å²) in [4.78, 5) is 21.3. The molecule has 4 nitrogen and oxygen atoms in total. The molecule has 0 aliphatic carbocycles. The molecule has 13 heavy (non-hydrogen) atoms. The van der Waals surface area contributed by atoms with E-state index < -0.39 is 0 Å². The van der Waals surface area contributed by atoms with Crippen molar-refractivity contribution < 1.29 is 19.1 Å². The minimum atomic E-state index is -0.258. The van der Waals surface area contributed by atoms with E-state index in [1.54, 1.807) is 6.92 Å². The van der Waals surface area contributed by atoms with Crippen molar-refractivity contribution in [1.29, 1.82) is 0 Å². The van der Waals surface area contributed by atoms with Crippen LogP contribution < -0.4 is 0 Å². The quantitative estimate of drug-likeness (QED) is 0.476. The van der Waals surface area contributed by atoms with Gasteiger partial charge in [0.2, 0.25) is 0 Å². The minimum absolute atomic E-state index is 0.210. The van der Waals surface area contributed by atoms with E-state index in [0.717, 1.165) is 0 Å². The van der Waals surface area contributed by atoms with Gasteiger partial charge in [-0.15, -0.1) is 11.8 Å². The molecular weight excluding hydrogens is 192 g/mol. The number of carbonyl (C=O) groups is 2. The first-order chi connectivity index (χ1) is 6.20. The molecule has 0 aliphatic heterocycles. The van der Waals surface area contributed by atoms with E-state index in [0.29, 0.717) is 24.5 Å². The van der Waals surface area contributed by atoms with E-state index >= 15 is 0 Å². The maximum absolute atomic E-state index is 10.6. The summed E-state index contributed by atoms with van der Waals surface area (Å²) in [6.45, 7) is 2.10. The lowest BCUT2D eigenvalue weighted by molar-refractivity contribution is -0.142. The van der Waals surface area contributed by atoms with Gasteiger partial charge in [0.1, 0.15) is 6.61 Å². The normalized spacial score (nSPS) is 9.38. The van der Waals surface area contributed by atoms with Gasteiger partial charge in [0.25, 0.3) is 0 Å². The van der Waals surface area contributed by atoms with Crippen LogP contribution in [0.2, 0.25) is 0 Å². The number of esters is 2. The molecule has 0 rings (SSSR count). The standard InChI is InChI=1S/C8H14O4S/c1-3-7(9)12-4-5-13-6-8(10)11-2/h3-6H2,1-2H3. The second kappa shape index (κ2) is 7.91. The van der Waals surface area contributed by atoms with Crippen LogP contribution in [-0.4, -0.2) is 37.2 Å². The summed E-state index contributed by atoms with van der Waals surface area (Å²) in [7, 11) is 1.35. The van der Waals surface area contributed by atoms with E-state index in [1.807, 2.05) is 0 Å². The Kier molecular flexibility index (Phi) is 7.48. The van der Waals surface area contributed by atoms with Gasteiger partial charge >= 0.3 is 11.9 Å². The predicted octanol–water partition coefficient (Wildman–Crippen LogP) is 0.846. The van der Waals surface area contributed by atoms with Gasteiger partial charge in [-0.05, 0) is 0 Å². The van der Waals surface area contributed by atoms with Crippen LogP contribution in [0.25, 0.3) is 0 Å². The van der Waals surface area contributed by atoms with Crippen LogP contribution in [0.4, 0.5) is 0 Å². The molecule has 0 atom stereocenters. The van der Waals surface area contributed by atoms with E-state index in [9.17, 15) is 9.59 Å². The molecule has 0 bridgehead atoms. The highest BCUT2D eigenvalue weighted by Gasteiger charge is 2.01. The van der Waals surface area contributed by atoms with Gasteiger partial charge in [-0.3, -0.25) is 9.59 Å². The SMILES string of the molecule is CCC(=O)OCCSCC(=O)OC. The molecule has 76 valence electrons. The number of thioether (sulfide) groups is 1. The van der Waals surface area contributed by atoms with E-state index in [4.69, 9.17) is 4.74 Å². The molecule has 0 aromatic heterocycles. The van der Waals surface area contributed by atoms with Crippen molar-refractivity contribution in [3.63, 3.8) is 0 Å². The fraction of sp³-hybridized carbons (Fsp3) is 0.750. The second-order valence-electron chi connectivity index (χ2n) is 2.20. The number of rotatable bonds is 6. The summed E-state index contributed by atoms with van der Waals surface area (Å²) in [6.07, 6.45) is 0.391. The third kappa shape index (κ3) is 7.64. The lowest BCUT2D eigenvalue weighted by Crippen LogP contribution is -2.08. The van der Waals surface area contributed by atoms with Crippen LogP contribution in [0, 0.1) is 0 Å². The minimum Gasteiger partial charge on any atom is -0.468 e. The maximum atomic E-state index is 10.6. The fourth-order valence-electron chi connectivity index (χ4n) is 0.531. The van der Waals surface area contributed by atoms with Crippen molar-refractivity contribution >= 4 is 23.7 Å². The average molecular weight is 206 g/mol. The van der Waals surface area contributed by atoms with Crippen molar-refractivity contribution in [3.8, 4) is 0 Å². The van der Waals surface area contributed by atoms with Crippen LogP contribution in [0.3, 0.4) is 0 Å². The molecule has 0 aromatic rings. The fourth-order valence-corrected chi connectivity index (χ4v) is 1.16. The van der Waals surface area contributed by atoms with Crippen LogP contribution in [0.5, 0.6) is 0 Å². The molecule has 0 amide bonds. The summed E-state index contributed by atoms with van der Waals surface area (Å²) < 4.78 is 9.23. The number of hydrogen-bond acceptors (Lipinski definition) is 5. The smallest absolute Gasteiger partial charge is 0.315 e. The highest BCUT2D eigenvalue weighted by atomic mass is 32.2. The second-order valence-corrected chi connectivity index (χ2v) is 3.31. The molecule has 5 heteroatoms. The lowest BCUT2D eigenvalue weighted by Gasteiger charge is -2.02. The first-order valence-corrected chi connectivity index (χ1v) is 5.16. The monoisotopic (exact) mass is 206 g/mol. The van der Waals surface area contributed by atoms with Gasteiger partial charge < -0.3 is 9.47 Å². The molecule has 0 saturated heterocycles. The maximum Gasteiger partial charge on any atom is 0.315 e. The van der Waals surface area contributed by atoms with Crippen LogP contribution in [-0.2, 0) is 19.1 Å². The van der Waals surface area contributed by atoms with Crippen molar-refractivity contribution in [2.75, 3.05) is 25.2 Å². The van der Waals surface area contributed by atoms with Crippen molar-refractivity contribution in [2.24, 2.45) is 0 Å². The van der Waals surface area contributed by atoms with Gasteiger partial charge in [0, 0.05) is 12.2 Å². The molecule has 0 heterocycles. The molecule has 0 saturated carbocycles. The van der Waals surface area contributed by atoms with Gasteiger partial charge in [-0.25, -0.2) is 0 Å². The number of methoxy groups -OCH3 is 1. The summed E-state index contributed by atoms with van der Waals surface area (Å²) >= 11 is 1.39. The summed E-state index contributed by atoms with van der Waals surface area (Å²) in [6, 6.07) is 0. The Morgan fingerprint density at radius 2 is 2.00 bits per heavy atom. The zero-order valence-corrected chi connectivity index (χ0v) is 8.69. The Morgan fingerprint density at radius 1 is 1.31 bits per heavy atom. The van der Waals surface area contributed by atoms with Gasteiger partial charge in [-0.2, -0.15) is 0 Å². The molecule has 0 aromatic carbocycles. The first kappa shape index (κ1) is 12.3. The van der Waals surface area contributed by atoms with Crippen LogP contribution in [0.15, 0.2) is 0 Å². The number of hydrogen-bond donors (Lipinski definition) is 0. The Hall–Kier alpha value is -0.710. The molecule has 0 radical (unpaired) electrons. The van der Waals surface area contributed by atoms with Gasteiger partial charge in [0.15, 0.2) is 0 Å². The van der Waals surface area contributed by atoms with E-state index in [-0.39, 0.29) is 11.9 Å². The third-order valence-corrected chi connectivity index (χ3v) is 2.12. The Labute approximate surface area is 82.0 Å². The van der Waals surface area contributed by atoms with E-state index in [1.165, 1.54) is 18.9 Å². The topological polar surface area (TPSA) is 52.6 Å². The highest BCUT2D eigenvalue weighted by Crippen LogP contribution is 2.00. The third-order valence-electron chi connectivity index (χ3n) is 1.23. The zero-order valence-electron chi connectivity index (χ0n) is 7.87. The molecule has 0 fully saturated rings. The van der Waals surface area contributed by atoms with Crippen LogP contribution in [0.1, 0.15) is 13.3 Å². The average Bonchev–Trinajstić information content (AvgIpc) is 2.16.